The lowest BCUT2D eigenvalue weighted by Crippen LogP contribution is -2.43. The summed E-state index contributed by atoms with van der Waals surface area (Å²) in [4.78, 5) is 2.38. The van der Waals surface area contributed by atoms with E-state index in [4.69, 9.17) is 10.8 Å². The van der Waals surface area contributed by atoms with Crippen LogP contribution in [0.5, 0.6) is 0 Å². The summed E-state index contributed by atoms with van der Waals surface area (Å²) in [7, 11) is 2.16. The van der Waals surface area contributed by atoms with E-state index >= 15 is 0 Å². The van der Waals surface area contributed by atoms with Crippen molar-refractivity contribution in [3.05, 3.63) is 0 Å². The van der Waals surface area contributed by atoms with Gasteiger partial charge in [-0.1, -0.05) is 12.8 Å². The Morgan fingerprint density at radius 1 is 1.36 bits per heavy atom. The van der Waals surface area contributed by atoms with Crippen LogP contribution in [0.4, 0.5) is 0 Å². The highest BCUT2D eigenvalue weighted by Gasteiger charge is 2.26. The molecular formula is C11H24N2O. The van der Waals surface area contributed by atoms with Gasteiger partial charge in [-0.05, 0) is 38.8 Å². The largest absolute Gasteiger partial charge is 0.396 e. The van der Waals surface area contributed by atoms with Crippen molar-refractivity contribution < 1.29 is 5.11 Å². The SMILES string of the molecule is CN(CCCO)C1CCCCC1CN. The highest BCUT2D eigenvalue weighted by molar-refractivity contribution is 4.82. The van der Waals surface area contributed by atoms with Crippen LogP contribution >= 0.6 is 0 Å². The molecule has 1 saturated carbocycles. The standard InChI is InChI=1S/C11H24N2O/c1-13(7-4-8-14)11-6-3-2-5-10(11)9-12/h10-11,14H,2-9,12H2,1H3. The molecule has 3 N–H and O–H groups in total. The molecule has 3 nitrogen and oxygen atoms in total. The van der Waals surface area contributed by atoms with Gasteiger partial charge < -0.3 is 15.7 Å². The molecule has 0 heterocycles. The molecule has 0 aliphatic heterocycles. The molecule has 3 heteroatoms. The Kier molecular flexibility index (Phi) is 5.45. The van der Waals surface area contributed by atoms with Crippen molar-refractivity contribution in [2.45, 2.75) is 38.1 Å². The Bertz CT molecular complexity index is 152. The summed E-state index contributed by atoms with van der Waals surface area (Å²) < 4.78 is 0. The number of hydrogen-bond donors (Lipinski definition) is 2. The summed E-state index contributed by atoms with van der Waals surface area (Å²) in [6.45, 7) is 2.11. The first-order chi connectivity index (χ1) is 6.79. The van der Waals surface area contributed by atoms with Crippen LogP contribution in [0.15, 0.2) is 0 Å². The molecule has 0 spiro atoms. The zero-order valence-electron chi connectivity index (χ0n) is 9.28. The van der Waals surface area contributed by atoms with Crippen molar-refractivity contribution in [2.75, 3.05) is 26.7 Å². The molecule has 0 radical (unpaired) electrons. The Morgan fingerprint density at radius 3 is 2.71 bits per heavy atom. The monoisotopic (exact) mass is 200 g/mol. The minimum absolute atomic E-state index is 0.296. The minimum atomic E-state index is 0.296. The van der Waals surface area contributed by atoms with Crippen LogP contribution in [0.3, 0.4) is 0 Å². The molecular weight excluding hydrogens is 176 g/mol. The molecule has 84 valence electrons. The van der Waals surface area contributed by atoms with Crippen LogP contribution in [0, 0.1) is 5.92 Å². The van der Waals surface area contributed by atoms with E-state index in [-0.39, 0.29) is 0 Å². The normalized spacial score (nSPS) is 28.3. The van der Waals surface area contributed by atoms with E-state index in [2.05, 4.69) is 11.9 Å². The number of aliphatic hydroxyl groups excluding tert-OH is 1. The van der Waals surface area contributed by atoms with Crippen LogP contribution in [0.2, 0.25) is 0 Å². The van der Waals surface area contributed by atoms with E-state index in [9.17, 15) is 0 Å². The third-order valence-corrected chi connectivity index (χ3v) is 3.41. The third kappa shape index (κ3) is 3.23. The average Bonchev–Trinajstić information content (AvgIpc) is 2.25. The van der Waals surface area contributed by atoms with E-state index in [1.807, 2.05) is 0 Å². The number of aliphatic hydroxyl groups is 1. The number of nitrogens with zero attached hydrogens (tertiary/aromatic N) is 1. The number of rotatable bonds is 5. The molecule has 1 fully saturated rings. The topological polar surface area (TPSA) is 49.5 Å². The Hall–Kier alpha value is -0.120. The second-order valence-electron chi connectivity index (χ2n) is 4.41. The zero-order chi connectivity index (χ0) is 10.4. The Labute approximate surface area is 87.3 Å². The van der Waals surface area contributed by atoms with Crippen molar-refractivity contribution in [3.63, 3.8) is 0 Å². The minimum Gasteiger partial charge on any atom is -0.396 e. The van der Waals surface area contributed by atoms with Gasteiger partial charge in [0.1, 0.15) is 0 Å². The molecule has 1 aliphatic rings. The summed E-state index contributed by atoms with van der Waals surface area (Å²) >= 11 is 0. The first kappa shape index (κ1) is 12.0. The fourth-order valence-electron chi connectivity index (χ4n) is 2.53. The van der Waals surface area contributed by atoms with Gasteiger partial charge in [-0.15, -0.1) is 0 Å². The number of hydrogen-bond acceptors (Lipinski definition) is 3. The summed E-state index contributed by atoms with van der Waals surface area (Å²) in [6, 6.07) is 0.653. The summed E-state index contributed by atoms with van der Waals surface area (Å²) in [5.41, 5.74) is 5.78. The smallest absolute Gasteiger partial charge is 0.0443 e. The van der Waals surface area contributed by atoms with E-state index in [1.165, 1.54) is 25.7 Å². The van der Waals surface area contributed by atoms with Crippen LogP contribution < -0.4 is 5.73 Å². The van der Waals surface area contributed by atoms with Crippen molar-refractivity contribution in [2.24, 2.45) is 11.7 Å². The van der Waals surface area contributed by atoms with Crippen LogP contribution in [-0.2, 0) is 0 Å². The summed E-state index contributed by atoms with van der Waals surface area (Å²) in [5.74, 6) is 0.674. The molecule has 2 unspecified atom stereocenters. The van der Waals surface area contributed by atoms with Crippen molar-refractivity contribution in [1.29, 1.82) is 0 Å². The van der Waals surface area contributed by atoms with E-state index in [0.29, 0.717) is 18.6 Å². The lowest BCUT2D eigenvalue weighted by atomic mass is 9.83. The molecule has 14 heavy (non-hydrogen) atoms. The van der Waals surface area contributed by atoms with Crippen molar-refractivity contribution in [3.8, 4) is 0 Å². The predicted octanol–water partition coefficient (Wildman–Crippen LogP) is 0.818. The first-order valence-electron chi connectivity index (χ1n) is 5.80. The molecule has 0 aromatic rings. The first-order valence-corrected chi connectivity index (χ1v) is 5.80. The predicted molar refractivity (Wildman–Crippen MR) is 59.1 cm³/mol. The zero-order valence-corrected chi connectivity index (χ0v) is 9.28. The summed E-state index contributed by atoms with van der Waals surface area (Å²) in [5, 5.41) is 8.79. The molecule has 0 aromatic carbocycles. The van der Waals surface area contributed by atoms with Gasteiger partial charge in [0.15, 0.2) is 0 Å². The molecule has 0 amide bonds. The molecule has 1 aliphatic carbocycles. The second-order valence-corrected chi connectivity index (χ2v) is 4.41. The van der Waals surface area contributed by atoms with Crippen molar-refractivity contribution >= 4 is 0 Å². The van der Waals surface area contributed by atoms with E-state index in [0.717, 1.165) is 19.5 Å². The van der Waals surface area contributed by atoms with Crippen molar-refractivity contribution in [1.82, 2.24) is 4.90 Å². The fourth-order valence-corrected chi connectivity index (χ4v) is 2.53. The third-order valence-electron chi connectivity index (χ3n) is 3.41. The lowest BCUT2D eigenvalue weighted by Gasteiger charge is -2.37. The van der Waals surface area contributed by atoms with Crippen LogP contribution in [0.1, 0.15) is 32.1 Å². The van der Waals surface area contributed by atoms with Crippen LogP contribution in [0.25, 0.3) is 0 Å². The lowest BCUT2D eigenvalue weighted by molar-refractivity contribution is 0.124. The highest BCUT2D eigenvalue weighted by Crippen LogP contribution is 2.27. The number of nitrogens with two attached hydrogens (primary N) is 1. The van der Waals surface area contributed by atoms with Crippen LogP contribution in [-0.4, -0.2) is 42.8 Å². The Morgan fingerprint density at radius 2 is 2.07 bits per heavy atom. The van der Waals surface area contributed by atoms with Gasteiger partial charge in [-0.2, -0.15) is 0 Å². The van der Waals surface area contributed by atoms with Gasteiger partial charge in [-0.3, -0.25) is 0 Å². The van der Waals surface area contributed by atoms with Gasteiger partial charge in [0.05, 0.1) is 0 Å². The Balaban J connectivity index is 2.37. The molecule has 0 bridgehead atoms. The maximum absolute atomic E-state index is 8.79. The second kappa shape index (κ2) is 6.38. The van der Waals surface area contributed by atoms with Gasteiger partial charge in [-0.25, -0.2) is 0 Å². The maximum Gasteiger partial charge on any atom is 0.0443 e. The van der Waals surface area contributed by atoms with E-state index in [1.54, 1.807) is 0 Å². The molecule has 0 aromatic heterocycles. The van der Waals surface area contributed by atoms with E-state index < -0.39 is 0 Å². The fraction of sp³-hybridized carbons (Fsp3) is 1.00. The average molecular weight is 200 g/mol. The van der Waals surface area contributed by atoms with Gasteiger partial charge in [0.2, 0.25) is 0 Å². The molecule has 0 saturated heterocycles. The molecule has 2 atom stereocenters. The molecule has 1 rings (SSSR count). The quantitative estimate of drug-likeness (QED) is 0.691. The summed E-state index contributed by atoms with van der Waals surface area (Å²) in [6.07, 6.45) is 6.12. The maximum atomic E-state index is 8.79. The van der Waals surface area contributed by atoms with Gasteiger partial charge in [0, 0.05) is 19.2 Å². The van der Waals surface area contributed by atoms with Gasteiger partial charge >= 0.3 is 0 Å². The van der Waals surface area contributed by atoms with Gasteiger partial charge in [0.25, 0.3) is 0 Å². The highest BCUT2D eigenvalue weighted by atomic mass is 16.3.